The predicted octanol–water partition coefficient (Wildman–Crippen LogP) is 3.32. The minimum Gasteiger partial charge on any atom is -0.460 e. The van der Waals surface area contributed by atoms with Crippen molar-refractivity contribution in [3.05, 3.63) is 42.1 Å². The van der Waals surface area contributed by atoms with Crippen LogP contribution < -0.4 is 0 Å². The molecule has 5 heteroatoms. The molecule has 0 bridgehead atoms. The van der Waals surface area contributed by atoms with Gasteiger partial charge in [-0.15, -0.1) is 0 Å². The Bertz CT molecular complexity index is 701. The van der Waals surface area contributed by atoms with Crippen molar-refractivity contribution in [2.45, 2.75) is 38.8 Å². The molecule has 0 saturated heterocycles. The molecular formula is C16H17FN2O2. The molecule has 0 saturated carbocycles. The van der Waals surface area contributed by atoms with Gasteiger partial charge in [-0.05, 0) is 44.5 Å². The zero-order valence-electron chi connectivity index (χ0n) is 12.3. The summed E-state index contributed by atoms with van der Waals surface area (Å²) in [5.41, 5.74) is 2.09. The fourth-order valence-electron chi connectivity index (χ4n) is 2.70. The SMILES string of the molecule is CC(C)(C)OC(=O)CC1c2cc(F)ccc2-c2cncn21. The number of benzene rings is 1. The lowest BCUT2D eigenvalue weighted by Crippen LogP contribution is -2.25. The number of fused-ring (bicyclic) bond motifs is 3. The summed E-state index contributed by atoms with van der Waals surface area (Å²) in [6.07, 6.45) is 3.56. The van der Waals surface area contributed by atoms with Crippen molar-refractivity contribution < 1.29 is 13.9 Å². The number of aromatic nitrogens is 2. The Hall–Kier alpha value is -2.17. The zero-order chi connectivity index (χ0) is 15.2. The molecule has 0 fully saturated rings. The molecule has 0 N–H and O–H groups in total. The molecule has 1 aromatic heterocycles. The van der Waals surface area contributed by atoms with Crippen LogP contribution in [0, 0.1) is 5.82 Å². The molecule has 3 rings (SSSR count). The van der Waals surface area contributed by atoms with E-state index in [-0.39, 0.29) is 24.2 Å². The van der Waals surface area contributed by atoms with Gasteiger partial charge in [-0.3, -0.25) is 4.79 Å². The second-order valence-electron chi connectivity index (χ2n) is 6.22. The number of hydrogen-bond donors (Lipinski definition) is 0. The third-order valence-corrected chi connectivity index (χ3v) is 3.43. The highest BCUT2D eigenvalue weighted by molar-refractivity contribution is 5.75. The van der Waals surface area contributed by atoms with Gasteiger partial charge in [0.15, 0.2) is 0 Å². The van der Waals surface area contributed by atoms with Crippen LogP contribution in [0.3, 0.4) is 0 Å². The van der Waals surface area contributed by atoms with E-state index in [9.17, 15) is 9.18 Å². The van der Waals surface area contributed by atoms with Crippen LogP contribution in [0.4, 0.5) is 4.39 Å². The number of hydrogen-bond acceptors (Lipinski definition) is 3. The van der Waals surface area contributed by atoms with E-state index in [1.54, 1.807) is 18.6 Å². The van der Waals surface area contributed by atoms with Gasteiger partial charge >= 0.3 is 5.97 Å². The quantitative estimate of drug-likeness (QED) is 0.796. The lowest BCUT2D eigenvalue weighted by Gasteiger charge is -2.21. The molecule has 110 valence electrons. The standard InChI is InChI=1S/C16H17FN2O2/c1-16(2,3)21-15(20)7-13-12-6-10(17)4-5-11(12)14-8-18-9-19(13)14/h4-6,8-9,13H,7H2,1-3H3. The van der Waals surface area contributed by atoms with Crippen LogP contribution in [-0.2, 0) is 9.53 Å². The summed E-state index contributed by atoms with van der Waals surface area (Å²) < 4.78 is 20.8. The Labute approximate surface area is 122 Å². The lowest BCUT2D eigenvalue weighted by atomic mass is 10.0. The highest BCUT2D eigenvalue weighted by Crippen LogP contribution is 2.41. The molecule has 0 aliphatic carbocycles. The minimum absolute atomic E-state index is 0.164. The first kappa shape index (κ1) is 13.8. The van der Waals surface area contributed by atoms with Crippen molar-refractivity contribution >= 4 is 5.97 Å². The fourth-order valence-corrected chi connectivity index (χ4v) is 2.70. The van der Waals surface area contributed by atoms with Crippen molar-refractivity contribution in [1.82, 2.24) is 9.55 Å². The number of rotatable bonds is 2. The highest BCUT2D eigenvalue weighted by Gasteiger charge is 2.31. The van der Waals surface area contributed by atoms with Gasteiger partial charge in [0.1, 0.15) is 11.4 Å². The number of imidazole rings is 1. The molecule has 1 unspecified atom stereocenters. The lowest BCUT2D eigenvalue weighted by molar-refractivity contribution is -0.155. The summed E-state index contributed by atoms with van der Waals surface area (Å²) in [6, 6.07) is 4.37. The van der Waals surface area contributed by atoms with Crippen molar-refractivity contribution in [1.29, 1.82) is 0 Å². The number of halogens is 1. The van der Waals surface area contributed by atoms with Gasteiger partial charge in [-0.1, -0.05) is 0 Å². The van der Waals surface area contributed by atoms with Gasteiger partial charge in [0.05, 0.1) is 30.7 Å². The minimum atomic E-state index is -0.530. The van der Waals surface area contributed by atoms with E-state index >= 15 is 0 Å². The highest BCUT2D eigenvalue weighted by atomic mass is 19.1. The molecule has 2 heterocycles. The topological polar surface area (TPSA) is 44.1 Å². The van der Waals surface area contributed by atoms with Crippen molar-refractivity contribution in [3.63, 3.8) is 0 Å². The third-order valence-electron chi connectivity index (χ3n) is 3.43. The number of ether oxygens (including phenoxy) is 1. The largest absolute Gasteiger partial charge is 0.460 e. The maximum absolute atomic E-state index is 13.5. The van der Waals surface area contributed by atoms with Crippen LogP contribution in [0.5, 0.6) is 0 Å². The molecule has 2 aromatic rings. The van der Waals surface area contributed by atoms with Gasteiger partial charge in [0, 0.05) is 5.56 Å². The zero-order valence-corrected chi connectivity index (χ0v) is 12.3. The maximum Gasteiger partial charge on any atom is 0.308 e. The summed E-state index contributed by atoms with van der Waals surface area (Å²) in [6.45, 7) is 5.49. The van der Waals surface area contributed by atoms with E-state index in [1.807, 2.05) is 25.3 Å². The van der Waals surface area contributed by atoms with Crippen molar-refractivity contribution in [3.8, 4) is 11.3 Å². The second kappa shape index (κ2) is 4.69. The molecule has 21 heavy (non-hydrogen) atoms. The predicted molar refractivity (Wildman–Crippen MR) is 76.2 cm³/mol. The van der Waals surface area contributed by atoms with Gasteiger partial charge in [0.25, 0.3) is 0 Å². The van der Waals surface area contributed by atoms with E-state index in [2.05, 4.69) is 4.98 Å². The van der Waals surface area contributed by atoms with Crippen LogP contribution in [0.1, 0.15) is 38.8 Å². The molecule has 4 nitrogen and oxygen atoms in total. The Balaban J connectivity index is 1.93. The molecule has 0 amide bonds. The Kier molecular flexibility index (Phi) is 3.08. The summed E-state index contributed by atoms with van der Waals surface area (Å²) in [5.74, 6) is -0.606. The number of esters is 1. The molecule has 1 aliphatic heterocycles. The van der Waals surface area contributed by atoms with Crippen LogP contribution in [0.2, 0.25) is 0 Å². The molecule has 1 atom stereocenters. The van der Waals surface area contributed by atoms with Crippen LogP contribution in [-0.4, -0.2) is 21.1 Å². The summed E-state index contributed by atoms with van der Waals surface area (Å²) in [7, 11) is 0. The Morgan fingerprint density at radius 2 is 2.19 bits per heavy atom. The van der Waals surface area contributed by atoms with E-state index in [0.717, 1.165) is 16.8 Å². The van der Waals surface area contributed by atoms with Gasteiger partial charge in [0.2, 0.25) is 0 Å². The van der Waals surface area contributed by atoms with E-state index in [1.165, 1.54) is 12.1 Å². The first-order valence-electron chi connectivity index (χ1n) is 6.88. The molecule has 1 aromatic carbocycles. The third kappa shape index (κ3) is 2.55. The first-order valence-corrected chi connectivity index (χ1v) is 6.88. The monoisotopic (exact) mass is 288 g/mol. The first-order chi connectivity index (χ1) is 9.85. The molecular weight excluding hydrogens is 271 g/mol. The number of carbonyl (C=O) groups is 1. The van der Waals surface area contributed by atoms with E-state index in [4.69, 9.17) is 4.74 Å². The number of carbonyl (C=O) groups excluding carboxylic acids is 1. The Morgan fingerprint density at radius 1 is 1.43 bits per heavy atom. The average Bonchev–Trinajstić information content (AvgIpc) is 2.90. The summed E-state index contributed by atoms with van der Waals surface area (Å²) in [5, 5.41) is 0. The molecule has 0 radical (unpaired) electrons. The van der Waals surface area contributed by atoms with Gasteiger partial charge in [-0.25, -0.2) is 9.37 Å². The Morgan fingerprint density at radius 3 is 2.90 bits per heavy atom. The average molecular weight is 288 g/mol. The molecule has 1 aliphatic rings. The van der Waals surface area contributed by atoms with Crippen molar-refractivity contribution in [2.24, 2.45) is 0 Å². The summed E-state index contributed by atoms with van der Waals surface area (Å²) in [4.78, 5) is 16.2. The van der Waals surface area contributed by atoms with Crippen LogP contribution in [0.15, 0.2) is 30.7 Å². The summed E-state index contributed by atoms with van der Waals surface area (Å²) >= 11 is 0. The van der Waals surface area contributed by atoms with Gasteiger partial charge < -0.3 is 9.30 Å². The number of nitrogens with zero attached hydrogens (tertiary/aromatic N) is 2. The van der Waals surface area contributed by atoms with Crippen LogP contribution >= 0.6 is 0 Å². The van der Waals surface area contributed by atoms with Crippen molar-refractivity contribution in [2.75, 3.05) is 0 Å². The van der Waals surface area contributed by atoms with Crippen LogP contribution in [0.25, 0.3) is 11.3 Å². The second-order valence-corrected chi connectivity index (χ2v) is 6.22. The smallest absolute Gasteiger partial charge is 0.308 e. The van der Waals surface area contributed by atoms with E-state index < -0.39 is 5.60 Å². The normalized spacial score (nSPS) is 16.5. The molecule has 0 spiro atoms. The maximum atomic E-state index is 13.5. The van der Waals surface area contributed by atoms with Gasteiger partial charge in [-0.2, -0.15) is 0 Å². The van der Waals surface area contributed by atoms with E-state index in [0.29, 0.717) is 0 Å². The fraction of sp³-hybridized carbons (Fsp3) is 0.375.